The Morgan fingerprint density at radius 1 is 1.35 bits per heavy atom. The second kappa shape index (κ2) is 5.36. The molecule has 0 radical (unpaired) electrons. The van der Waals surface area contributed by atoms with Crippen molar-refractivity contribution in [2.75, 3.05) is 13.7 Å². The molecular formula is C13H20N2O2. The van der Waals surface area contributed by atoms with Gasteiger partial charge in [0, 0.05) is 12.3 Å². The first-order valence-corrected chi connectivity index (χ1v) is 6.14. The highest BCUT2D eigenvalue weighted by Gasteiger charge is 2.28. The van der Waals surface area contributed by atoms with E-state index in [1.165, 1.54) is 19.3 Å². The van der Waals surface area contributed by atoms with E-state index in [-0.39, 0.29) is 5.54 Å². The number of ether oxygens (including phenoxy) is 2. The number of pyridine rings is 1. The van der Waals surface area contributed by atoms with Crippen molar-refractivity contribution in [2.24, 2.45) is 5.73 Å². The maximum atomic E-state index is 6.31. The number of hydrogen-bond donors (Lipinski definition) is 1. The molecule has 1 saturated carbocycles. The van der Waals surface area contributed by atoms with Crippen LogP contribution in [0.25, 0.3) is 0 Å². The number of methoxy groups -OCH3 is 1. The Morgan fingerprint density at radius 2 is 2.12 bits per heavy atom. The first-order chi connectivity index (χ1) is 8.22. The van der Waals surface area contributed by atoms with Crippen molar-refractivity contribution in [2.45, 2.75) is 37.6 Å². The molecule has 4 nitrogen and oxygen atoms in total. The minimum Gasteiger partial charge on any atom is -0.491 e. The summed E-state index contributed by atoms with van der Waals surface area (Å²) < 4.78 is 10.8. The molecule has 0 unspecified atom stereocenters. The van der Waals surface area contributed by atoms with E-state index in [2.05, 4.69) is 4.98 Å². The van der Waals surface area contributed by atoms with Crippen LogP contribution in [0, 0.1) is 0 Å². The van der Waals surface area contributed by atoms with Gasteiger partial charge in [0.1, 0.15) is 12.4 Å². The smallest absolute Gasteiger partial charge is 0.216 e. The second-order valence-electron chi connectivity index (χ2n) is 4.75. The lowest BCUT2D eigenvalue weighted by Gasteiger charge is -2.33. The topological polar surface area (TPSA) is 57.4 Å². The molecule has 1 heterocycles. The highest BCUT2D eigenvalue weighted by molar-refractivity contribution is 5.26. The molecule has 2 N–H and O–H groups in total. The van der Waals surface area contributed by atoms with E-state index in [1.54, 1.807) is 19.4 Å². The van der Waals surface area contributed by atoms with Gasteiger partial charge in [-0.2, -0.15) is 0 Å². The molecule has 4 heteroatoms. The SMILES string of the molecule is COc1cc(OCC2(N)CCCCC2)ccn1. The van der Waals surface area contributed by atoms with Crippen molar-refractivity contribution in [3.8, 4) is 11.6 Å². The Kier molecular flexibility index (Phi) is 3.84. The van der Waals surface area contributed by atoms with E-state index >= 15 is 0 Å². The lowest BCUT2D eigenvalue weighted by Crippen LogP contribution is -2.47. The number of nitrogens with two attached hydrogens (primary N) is 1. The van der Waals surface area contributed by atoms with Gasteiger partial charge in [0.2, 0.25) is 5.88 Å². The van der Waals surface area contributed by atoms with Crippen LogP contribution in [0.1, 0.15) is 32.1 Å². The summed E-state index contributed by atoms with van der Waals surface area (Å²) in [4.78, 5) is 4.04. The highest BCUT2D eigenvalue weighted by atomic mass is 16.5. The zero-order valence-electron chi connectivity index (χ0n) is 10.3. The Bertz CT molecular complexity index is 362. The minimum absolute atomic E-state index is 0.158. The van der Waals surface area contributed by atoms with E-state index in [0.717, 1.165) is 18.6 Å². The monoisotopic (exact) mass is 236 g/mol. The molecule has 0 bridgehead atoms. The molecule has 0 saturated heterocycles. The molecule has 0 atom stereocenters. The average molecular weight is 236 g/mol. The van der Waals surface area contributed by atoms with E-state index in [9.17, 15) is 0 Å². The number of aromatic nitrogens is 1. The van der Waals surface area contributed by atoms with Crippen LogP contribution in [0.2, 0.25) is 0 Å². The highest BCUT2D eigenvalue weighted by Crippen LogP contribution is 2.27. The summed E-state index contributed by atoms with van der Waals surface area (Å²) in [6.45, 7) is 0.570. The van der Waals surface area contributed by atoms with E-state index in [1.807, 2.05) is 6.07 Å². The van der Waals surface area contributed by atoms with Crippen LogP contribution in [0.4, 0.5) is 0 Å². The van der Waals surface area contributed by atoms with Gasteiger partial charge >= 0.3 is 0 Å². The molecule has 1 aromatic rings. The van der Waals surface area contributed by atoms with Crippen LogP contribution in [-0.2, 0) is 0 Å². The molecular weight excluding hydrogens is 216 g/mol. The fourth-order valence-corrected chi connectivity index (χ4v) is 2.22. The molecule has 1 fully saturated rings. The normalized spacial score (nSPS) is 18.7. The predicted molar refractivity (Wildman–Crippen MR) is 66.3 cm³/mol. The van der Waals surface area contributed by atoms with Gasteiger partial charge in [0.05, 0.1) is 12.6 Å². The number of nitrogens with zero attached hydrogens (tertiary/aromatic N) is 1. The Hall–Kier alpha value is -1.29. The van der Waals surface area contributed by atoms with Gasteiger partial charge in [0.25, 0.3) is 0 Å². The summed E-state index contributed by atoms with van der Waals surface area (Å²) >= 11 is 0. The zero-order valence-corrected chi connectivity index (χ0v) is 10.3. The third-order valence-corrected chi connectivity index (χ3v) is 3.29. The van der Waals surface area contributed by atoms with Crippen LogP contribution in [-0.4, -0.2) is 24.2 Å². The molecule has 1 aliphatic rings. The first-order valence-electron chi connectivity index (χ1n) is 6.14. The fourth-order valence-electron chi connectivity index (χ4n) is 2.22. The van der Waals surface area contributed by atoms with Crippen molar-refractivity contribution in [3.05, 3.63) is 18.3 Å². The van der Waals surface area contributed by atoms with Gasteiger partial charge in [0.15, 0.2) is 0 Å². The third kappa shape index (κ3) is 3.33. The lowest BCUT2D eigenvalue weighted by molar-refractivity contribution is 0.173. The summed E-state index contributed by atoms with van der Waals surface area (Å²) in [6.07, 6.45) is 7.49. The molecule has 0 aliphatic heterocycles. The molecule has 17 heavy (non-hydrogen) atoms. The average Bonchev–Trinajstić information content (AvgIpc) is 2.38. The fraction of sp³-hybridized carbons (Fsp3) is 0.615. The first kappa shape index (κ1) is 12.2. The van der Waals surface area contributed by atoms with Crippen molar-refractivity contribution in [3.63, 3.8) is 0 Å². The van der Waals surface area contributed by atoms with Gasteiger partial charge in [-0.1, -0.05) is 19.3 Å². The van der Waals surface area contributed by atoms with Crippen LogP contribution >= 0.6 is 0 Å². The van der Waals surface area contributed by atoms with Crippen molar-refractivity contribution < 1.29 is 9.47 Å². The molecule has 1 aromatic heterocycles. The standard InChI is InChI=1S/C13H20N2O2/c1-16-12-9-11(5-8-15-12)17-10-13(14)6-3-2-4-7-13/h5,8-9H,2-4,6-7,10,14H2,1H3. The Morgan fingerprint density at radius 3 is 2.82 bits per heavy atom. The number of rotatable bonds is 4. The van der Waals surface area contributed by atoms with Gasteiger partial charge in [-0.25, -0.2) is 4.98 Å². The Balaban J connectivity index is 1.92. The third-order valence-electron chi connectivity index (χ3n) is 3.29. The van der Waals surface area contributed by atoms with E-state index in [4.69, 9.17) is 15.2 Å². The van der Waals surface area contributed by atoms with Crippen LogP contribution in [0.3, 0.4) is 0 Å². The summed E-state index contributed by atoms with van der Waals surface area (Å²) in [5.41, 5.74) is 6.15. The minimum atomic E-state index is -0.158. The molecule has 2 rings (SSSR count). The zero-order chi connectivity index (χ0) is 12.1. The van der Waals surface area contributed by atoms with Crippen molar-refractivity contribution in [1.29, 1.82) is 0 Å². The number of hydrogen-bond acceptors (Lipinski definition) is 4. The summed E-state index contributed by atoms with van der Waals surface area (Å²) in [5, 5.41) is 0. The summed E-state index contributed by atoms with van der Waals surface area (Å²) in [6, 6.07) is 3.61. The summed E-state index contributed by atoms with van der Waals surface area (Å²) in [5.74, 6) is 1.34. The van der Waals surface area contributed by atoms with Gasteiger partial charge in [-0.05, 0) is 18.9 Å². The van der Waals surface area contributed by atoms with Crippen molar-refractivity contribution >= 4 is 0 Å². The maximum absolute atomic E-state index is 6.31. The van der Waals surface area contributed by atoms with Gasteiger partial charge in [-0.15, -0.1) is 0 Å². The quantitative estimate of drug-likeness (QED) is 0.870. The van der Waals surface area contributed by atoms with Crippen LogP contribution in [0.5, 0.6) is 11.6 Å². The Labute approximate surface area is 102 Å². The van der Waals surface area contributed by atoms with Crippen LogP contribution in [0.15, 0.2) is 18.3 Å². The molecule has 1 aliphatic carbocycles. The molecule has 0 amide bonds. The largest absolute Gasteiger partial charge is 0.491 e. The maximum Gasteiger partial charge on any atom is 0.216 e. The predicted octanol–water partition coefficient (Wildman–Crippen LogP) is 2.13. The van der Waals surface area contributed by atoms with E-state index in [0.29, 0.717) is 12.5 Å². The van der Waals surface area contributed by atoms with Crippen LogP contribution < -0.4 is 15.2 Å². The van der Waals surface area contributed by atoms with E-state index < -0.39 is 0 Å². The van der Waals surface area contributed by atoms with Crippen molar-refractivity contribution in [1.82, 2.24) is 4.98 Å². The lowest BCUT2D eigenvalue weighted by atomic mass is 9.83. The molecule has 0 spiro atoms. The molecule has 0 aromatic carbocycles. The second-order valence-corrected chi connectivity index (χ2v) is 4.75. The van der Waals surface area contributed by atoms with Gasteiger partial charge in [-0.3, -0.25) is 0 Å². The molecule has 94 valence electrons. The summed E-state index contributed by atoms with van der Waals surface area (Å²) in [7, 11) is 1.59. The van der Waals surface area contributed by atoms with Gasteiger partial charge < -0.3 is 15.2 Å².